The average molecular weight is 510 g/mol. The number of benzene rings is 2. The van der Waals surface area contributed by atoms with Crippen molar-refractivity contribution in [2.45, 2.75) is 39.5 Å². The third-order valence-electron chi connectivity index (χ3n) is 6.05. The van der Waals surface area contributed by atoms with Gasteiger partial charge in [0.25, 0.3) is 11.4 Å². The molecule has 0 radical (unpaired) electrons. The highest BCUT2D eigenvalue weighted by atomic mass is 35.5. The van der Waals surface area contributed by atoms with Crippen LogP contribution in [0, 0.1) is 6.92 Å². The number of hydrogen-bond donors (Lipinski definition) is 2. The number of nitrogens with zero attached hydrogens (tertiary/aromatic N) is 2. The molecule has 2 N–H and O–H groups in total. The van der Waals surface area contributed by atoms with Crippen molar-refractivity contribution in [3.8, 4) is 39.8 Å². The van der Waals surface area contributed by atoms with Crippen LogP contribution in [0.1, 0.15) is 42.5 Å². The van der Waals surface area contributed by atoms with Gasteiger partial charge in [-0.1, -0.05) is 37.1 Å². The number of aromatic nitrogens is 3. The summed E-state index contributed by atoms with van der Waals surface area (Å²) >= 11 is 6.06. The Morgan fingerprint density at radius 2 is 1.78 bits per heavy atom. The van der Waals surface area contributed by atoms with Gasteiger partial charge in [0, 0.05) is 10.7 Å². The van der Waals surface area contributed by atoms with Gasteiger partial charge in [-0.25, -0.2) is 0 Å². The topological polar surface area (TPSA) is 110 Å². The molecule has 2 aromatic heterocycles. The Hall–Kier alpha value is -3.78. The van der Waals surface area contributed by atoms with Crippen LogP contribution < -0.4 is 15.0 Å². The van der Waals surface area contributed by atoms with E-state index in [4.69, 9.17) is 25.5 Å². The number of aromatic hydroxyl groups is 1. The van der Waals surface area contributed by atoms with Gasteiger partial charge in [0.2, 0.25) is 5.89 Å². The van der Waals surface area contributed by atoms with Gasteiger partial charge in [-0.05, 0) is 55.2 Å². The number of aromatic amines is 1. The maximum absolute atomic E-state index is 13.2. The molecule has 36 heavy (non-hydrogen) atoms. The van der Waals surface area contributed by atoms with Crippen molar-refractivity contribution in [2.75, 3.05) is 14.2 Å². The fraction of sp³-hybridized carbons (Fsp3) is 0.296. The van der Waals surface area contributed by atoms with E-state index in [1.807, 2.05) is 19.1 Å². The van der Waals surface area contributed by atoms with Crippen LogP contribution in [-0.2, 0) is 12.8 Å². The lowest BCUT2D eigenvalue weighted by Crippen LogP contribution is -2.14. The number of rotatable bonds is 9. The smallest absolute Gasteiger partial charge is 0.264 e. The summed E-state index contributed by atoms with van der Waals surface area (Å²) in [4.78, 5) is 16.1. The second-order valence-electron chi connectivity index (χ2n) is 8.42. The number of aryl methyl sites for hydroxylation is 2. The third-order valence-corrected chi connectivity index (χ3v) is 6.29. The highest BCUT2D eigenvalue weighted by Gasteiger charge is 2.27. The van der Waals surface area contributed by atoms with Gasteiger partial charge in [0.1, 0.15) is 22.8 Å². The predicted molar refractivity (Wildman–Crippen MR) is 138 cm³/mol. The van der Waals surface area contributed by atoms with E-state index in [1.165, 1.54) is 14.2 Å². The Bertz CT molecular complexity index is 1420. The van der Waals surface area contributed by atoms with Crippen molar-refractivity contribution in [3.05, 3.63) is 74.5 Å². The molecule has 0 saturated heterocycles. The van der Waals surface area contributed by atoms with Gasteiger partial charge in [-0.3, -0.25) is 4.79 Å². The quantitative estimate of drug-likeness (QED) is 0.297. The Balaban J connectivity index is 1.86. The van der Waals surface area contributed by atoms with E-state index in [-0.39, 0.29) is 17.2 Å². The average Bonchev–Trinajstić information content (AvgIpc) is 3.32. The number of methoxy groups -OCH3 is 2. The molecule has 0 atom stereocenters. The molecule has 4 aromatic rings. The normalized spacial score (nSPS) is 11.0. The van der Waals surface area contributed by atoms with Gasteiger partial charge in [0.05, 0.1) is 31.8 Å². The zero-order valence-corrected chi connectivity index (χ0v) is 21.4. The molecule has 0 unspecified atom stereocenters. The summed E-state index contributed by atoms with van der Waals surface area (Å²) in [5, 5.41) is 20.3. The number of halogens is 1. The summed E-state index contributed by atoms with van der Waals surface area (Å²) in [7, 11) is 3.08. The molecule has 2 aromatic carbocycles. The zero-order valence-electron chi connectivity index (χ0n) is 20.6. The number of H-pyrrole nitrogens is 1. The van der Waals surface area contributed by atoms with Crippen molar-refractivity contribution in [1.82, 2.24) is 15.2 Å². The largest absolute Gasteiger partial charge is 0.506 e. The summed E-state index contributed by atoms with van der Waals surface area (Å²) in [5.41, 5.74) is 2.82. The number of pyridine rings is 1. The summed E-state index contributed by atoms with van der Waals surface area (Å²) in [6.45, 7) is 4.00. The lowest BCUT2D eigenvalue weighted by molar-refractivity contribution is 0.396. The molecule has 4 rings (SSSR count). The molecule has 188 valence electrons. The van der Waals surface area contributed by atoms with E-state index in [9.17, 15) is 9.90 Å². The van der Waals surface area contributed by atoms with Gasteiger partial charge in [-0.15, -0.1) is 10.2 Å². The van der Waals surface area contributed by atoms with Crippen LogP contribution in [0.25, 0.3) is 22.6 Å². The second-order valence-corrected chi connectivity index (χ2v) is 8.86. The zero-order chi connectivity index (χ0) is 25.8. The first-order chi connectivity index (χ1) is 17.4. The maximum Gasteiger partial charge on any atom is 0.264 e. The minimum atomic E-state index is -0.519. The first-order valence-electron chi connectivity index (χ1n) is 11.6. The predicted octanol–water partition coefficient (Wildman–Crippen LogP) is 5.71. The van der Waals surface area contributed by atoms with Gasteiger partial charge in [0.15, 0.2) is 0 Å². The van der Waals surface area contributed by atoms with Crippen LogP contribution in [0.5, 0.6) is 17.2 Å². The molecule has 0 bridgehead atoms. The standard InChI is InChI=1S/C27H28ClN3O5/c1-5-6-8-18-22(23-19(34-3)9-7-10-20(23)35-4)25(32)24(26(33)29-18)27-31-30-21(36-27)14-16-11-12-17(28)13-15(16)2/h7,9-13H,5-6,8,14H2,1-4H3,(H2,29,32,33). The van der Waals surface area contributed by atoms with Gasteiger partial charge >= 0.3 is 0 Å². The van der Waals surface area contributed by atoms with E-state index in [0.29, 0.717) is 52.1 Å². The van der Waals surface area contributed by atoms with Crippen molar-refractivity contribution >= 4 is 11.6 Å². The van der Waals surface area contributed by atoms with Crippen LogP contribution in [0.3, 0.4) is 0 Å². The molecule has 0 aliphatic rings. The second kappa shape index (κ2) is 10.9. The van der Waals surface area contributed by atoms with Crippen molar-refractivity contribution in [3.63, 3.8) is 0 Å². The summed E-state index contributed by atoms with van der Waals surface area (Å²) < 4.78 is 17.0. The van der Waals surface area contributed by atoms with E-state index < -0.39 is 5.56 Å². The fourth-order valence-corrected chi connectivity index (χ4v) is 4.42. The fourth-order valence-electron chi connectivity index (χ4n) is 4.19. The van der Waals surface area contributed by atoms with Crippen LogP contribution in [-0.4, -0.2) is 34.5 Å². The third kappa shape index (κ3) is 4.95. The van der Waals surface area contributed by atoms with Crippen LogP contribution in [0.4, 0.5) is 0 Å². The Morgan fingerprint density at radius 3 is 2.42 bits per heavy atom. The summed E-state index contributed by atoms with van der Waals surface area (Å²) in [6, 6.07) is 10.9. The minimum absolute atomic E-state index is 0.0764. The molecule has 0 fully saturated rings. The first kappa shape index (κ1) is 25.3. The molecule has 0 spiro atoms. The number of nitrogens with one attached hydrogen (secondary N) is 1. The number of unbranched alkanes of at least 4 members (excludes halogenated alkanes) is 1. The Morgan fingerprint density at radius 1 is 1.06 bits per heavy atom. The first-order valence-corrected chi connectivity index (χ1v) is 12.0. The maximum atomic E-state index is 13.2. The van der Waals surface area contributed by atoms with E-state index in [1.54, 1.807) is 24.3 Å². The molecule has 8 nitrogen and oxygen atoms in total. The lowest BCUT2D eigenvalue weighted by Gasteiger charge is -2.18. The molecular weight excluding hydrogens is 482 g/mol. The van der Waals surface area contributed by atoms with Gasteiger partial charge < -0.3 is 24.0 Å². The Labute approximate surface area is 213 Å². The van der Waals surface area contributed by atoms with Crippen molar-refractivity contribution in [1.29, 1.82) is 0 Å². The lowest BCUT2D eigenvalue weighted by atomic mass is 9.96. The molecular formula is C27H28ClN3O5. The molecule has 0 aliphatic carbocycles. The summed E-state index contributed by atoms with van der Waals surface area (Å²) in [5.74, 6) is 0.938. The molecule has 0 amide bonds. The highest BCUT2D eigenvalue weighted by Crippen LogP contribution is 2.46. The molecule has 2 heterocycles. The van der Waals surface area contributed by atoms with Crippen LogP contribution >= 0.6 is 11.6 Å². The van der Waals surface area contributed by atoms with Crippen molar-refractivity contribution in [2.24, 2.45) is 0 Å². The van der Waals surface area contributed by atoms with Crippen LogP contribution in [0.2, 0.25) is 5.02 Å². The van der Waals surface area contributed by atoms with Crippen LogP contribution in [0.15, 0.2) is 45.6 Å². The summed E-state index contributed by atoms with van der Waals surface area (Å²) in [6.07, 6.45) is 2.62. The van der Waals surface area contributed by atoms with Gasteiger partial charge in [-0.2, -0.15) is 0 Å². The SMILES string of the molecule is CCCCc1[nH]c(=O)c(-c2nnc(Cc3ccc(Cl)cc3C)o2)c(O)c1-c1c(OC)cccc1OC. The molecule has 9 heteroatoms. The van der Waals surface area contributed by atoms with Crippen molar-refractivity contribution < 1.29 is 19.0 Å². The minimum Gasteiger partial charge on any atom is -0.506 e. The number of ether oxygens (including phenoxy) is 2. The number of hydrogen-bond acceptors (Lipinski definition) is 7. The highest BCUT2D eigenvalue weighted by molar-refractivity contribution is 6.30. The van der Waals surface area contributed by atoms with E-state index >= 15 is 0 Å². The monoisotopic (exact) mass is 509 g/mol. The van der Waals surface area contributed by atoms with E-state index in [2.05, 4.69) is 22.1 Å². The van der Waals surface area contributed by atoms with E-state index in [0.717, 1.165) is 24.0 Å². The molecule has 0 saturated carbocycles. The Kier molecular flexibility index (Phi) is 7.64. The molecule has 0 aliphatic heterocycles.